The van der Waals surface area contributed by atoms with Crippen molar-refractivity contribution in [2.24, 2.45) is 0 Å². The number of hydrogen-bond acceptors (Lipinski definition) is 52. The fraction of sp³-hybridized carbons (Fsp3) is 0.146. The Balaban J connectivity index is 0.934. The third-order valence-corrected chi connectivity index (χ3v) is 20.7. The van der Waals surface area contributed by atoms with E-state index in [1.165, 1.54) is 0 Å². The van der Waals surface area contributed by atoms with Crippen LogP contribution in [0.1, 0.15) is 104 Å². The number of rotatable bonds is 4. The van der Waals surface area contributed by atoms with Gasteiger partial charge < -0.3 is 209 Å². The van der Waals surface area contributed by atoms with Crippen LogP contribution in [0.2, 0.25) is 0 Å². The largest absolute Gasteiger partial charge is 0.504 e. The molecule has 134 heavy (non-hydrogen) atoms. The lowest BCUT2D eigenvalue weighted by atomic mass is 9.92. The molecule has 28 N–H and O–H groups in total. The van der Waals surface area contributed by atoms with Gasteiger partial charge in [-0.25, -0.2) is 47.9 Å². The Morgan fingerprint density at radius 3 is 0.791 bits per heavy atom. The number of hydrogen-bond donors (Lipinski definition) is 28. The molecule has 0 spiro atoms. The van der Waals surface area contributed by atoms with Gasteiger partial charge in [0.05, 0.1) is 44.5 Å². The first kappa shape index (κ1) is 89.6. The number of carbonyl (C=O) groups is 10. The van der Waals surface area contributed by atoms with Gasteiger partial charge in [-0.05, 0) is 72.8 Å². The van der Waals surface area contributed by atoms with Crippen molar-refractivity contribution < 1.29 is 257 Å². The summed E-state index contributed by atoms with van der Waals surface area (Å²) in [6.45, 7) is -3.22. The van der Waals surface area contributed by atoms with Crippen molar-refractivity contribution >= 4 is 59.7 Å². The van der Waals surface area contributed by atoms with Crippen LogP contribution in [0.5, 0.6) is 184 Å². The van der Waals surface area contributed by atoms with Crippen molar-refractivity contribution in [3.05, 3.63) is 141 Å². The summed E-state index contributed by atoms with van der Waals surface area (Å²) in [6.07, 6.45) is -29.7. The van der Waals surface area contributed by atoms with Crippen molar-refractivity contribution in [2.45, 2.75) is 61.4 Å². The molecule has 10 aromatic rings. The highest BCUT2D eigenvalue weighted by atomic mass is 16.8. The highest BCUT2D eigenvalue weighted by Crippen LogP contribution is 2.58. The second-order valence-electron chi connectivity index (χ2n) is 28.9. The normalized spacial score (nSPS) is 20.1. The monoisotopic (exact) mass is 1870 g/mol. The van der Waals surface area contributed by atoms with E-state index >= 15 is 28.8 Å². The Kier molecular flexibility index (Phi) is 22.2. The van der Waals surface area contributed by atoms with E-state index in [2.05, 4.69) is 0 Å². The van der Waals surface area contributed by atoms with E-state index < -0.39 is 396 Å². The molecule has 4 bridgehead atoms. The van der Waals surface area contributed by atoms with Crippen LogP contribution in [-0.2, 0) is 56.8 Å². The molecule has 0 radical (unpaired) electrons. The first-order valence-corrected chi connectivity index (χ1v) is 37.1. The molecule has 0 saturated carbocycles. The zero-order chi connectivity index (χ0) is 97.3. The van der Waals surface area contributed by atoms with Crippen LogP contribution in [0.4, 0.5) is 0 Å². The maximum atomic E-state index is 15.6. The van der Waals surface area contributed by atoms with Crippen molar-refractivity contribution in [3.63, 3.8) is 0 Å². The summed E-state index contributed by atoms with van der Waals surface area (Å²) in [5.74, 6) is -70.7. The third-order valence-electron chi connectivity index (χ3n) is 20.7. The van der Waals surface area contributed by atoms with Crippen LogP contribution in [0.25, 0.3) is 22.3 Å². The van der Waals surface area contributed by atoms with Crippen LogP contribution in [0.15, 0.2) is 84.9 Å². The van der Waals surface area contributed by atoms with Gasteiger partial charge in [0, 0.05) is 34.4 Å². The molecule has 2 saturated heterocycles. The number of carbonyl (C=O) groups excluding carboxylic acids is 10. The molecule has 52 nitrogen and oxygen atoms in total. The van der Waals surface area contributed by atoms with Gasteiger partial charge in [0.25, 0.3) is 0 Å². The molecular weight excluding hydrogens is 1820 g/mol. The van der Waals surface area contributed by atoms with Crippen LogP contribution in [0, 0.1) is 0 Å². The number of benzene rings is 10. The number of phenols is 28. The minimum atomic E-state index is -3.16. The first-order chi connectivity index (χ1) is 63.1. The SMILES string of the molecule is O=C1O[C@@H]2O[C@@H]3COC(=O)c4cc(O)c(O)c(O)c4-c4c(cc(O)c(O)c4O)C(=O)O[C@H]3[C@H](OC(=O)c3cc(O)c(O)c(O)c3)[C@H]2OC(=O)c2cc(O)c(O)c(O)c2Oc2cc(cc(O)c2O)C(=O)O[C@@H]2O[C@@H]3COC(=O)c4cc(O)c(O)c(O)c4-c4c(cc(O)c(O)c4O)C(=O)O[C@H]3[C@H](OC(=O)c3cc(O)c(O)c(O)c3)[C@H]2OC(=O)c2cc(O)c(O)c(O)c2Oc2cc1cc(O)c2O. The number of cyclic esters (lactones) is 2. The molecule has 5 aliphatic rings. The van der Waals surface area contributed by atoms with Gasteiger partial charge in [0.15, 0.2) is 151 Å². The summed E-state index contributed by atoms with van der Waals surface area (Å²) in [5.41, 5.74) is -18.3. The van der Waals surface area contributed by atoms with Gasteiger partial charge in [-0.2, -0.15) is 0 Å². The van der Waals surface area contributed by atoms with E-state index in [-0.39, 0.29) is 48.5 Å². The molecule has 5 heterocycles. The Hall–Kier alpha value is -19.2. The molecule has 0 amide bonds. The minimum Gasteiger partial charge on any atom is -0.504 e. The predicted octanol–water partition coefficient (Wildman–Crippen LogP) is 4.13. The van der Waals surface area contributed by atoms with Gasteiger partial charge in [0.1, 0.15) is 36.5 Å². The molecule has 0 aromatic heterocycles. The van der Waals surface area contributed by atoms with Crippen LogP contribution < -0.4 is 9.47 Å². The average Bonchev–Trinajstić information content (AvgIpc) is 1.35. The van der Waals surface area contributed by atoms with Crippen LogP contribution in [-0.4, -0.2) is 277 Å². The molecule has 5 aliphatic heterocycles. The number of phenolic OH excluding ortho intramolecular Hbond substituents is 28. The number of aromatic hydroxyl groups is 28. The number of esters is 10. The summed E-state index contributed by atoms with van der Waals surface area (Å²) >= 11 is 0. The Morgan fingerprint density at radius 2 is 0.493 bits per heavy atom. The lowest BCUT2D eigenvalue weighted by Crippen LogP contribution is -2.63. The predicted molar refractivity (Wildman–Crippen MR) is 413 cm³/mol. The Morgan fingerprint density at radius 1 is 0.246 bits per heavy atom. The summed E-state index contributed by atoms with van der Waals surface area (Å²) in [6, 6.07) is 3.65. The van der Waals surface area contributed by atoms with Crippen molar-refractivity contribution in [3.8, 4) is 206 Å². The molecule has 696 valence electrons. The van der Waals surface area contributed by atoms with E-state index in [4.69, 9.17) is 66.3 Å². The molecule has 52 heteroatoms. The van der Waals surface area contributed by atoms with Gasteiger partial charge in [-0.15, -0.1) is 0 Å². The maximum absolute atomic E-state index is 15.6. The van der Waals surface area contributed by atoms with Gasteiger partial charge in [0.2, 0.25) is 82.3 Å². The minimum absolute atomic E-state index is 0.0934. The fourth-order valence-corrected chi connectivity index (χ4v) is 14.2. The number of ether oxygens (including phenoxy) is 14. The first-order valence-electron chi connectivity index (χ1n) is 37.1. The second-order valence-corrected chi connectivity index (χ2v) is 28.9. The molecule has 10 aromatic carbocycles. The summed E-state index contributed by atoms with van der Waals surface area (Å²) in [4.78, 5) is 151. The van der Waals surface area contributed by atoms with Gasteiger partial charge >= 0.3 is 59.7 Å². The van der Waals surface area contributed by atoms with Crippen molar-refractivity contribution in [1.82, 2.24) is 0 Å². The zero-order valence-corrected chi connectivity index (χ0v) is 65.6. The summed E-state index contributed by atoms with van der Waals surface area (Å²) in [5, 5.41) is 311. The fourth-order valence-electron chi connectivity index (χ4n) is 14.2. The van der Waals surface area contributed by atoms with E-state index in [1.807, 2.05) is 0 Å². The standard InChI is InChI=1S/C82H56O52/c83-27-1-17(2-28(84)47(27)95)71(111)129-67-65-41(15-121-75(115)21-9-33(89)51(99)57(105)43(21)45-23(77(117)127-65)11-35(91)53(101)59(45)107)125-81-69(67)131-79(119)25-13-37(93)55(103)61(109)63(25)123-40-8-20(6-32(88)50(40)98)74(114)134-82-70(132-80(120)26-14-38(94)56(104)62(110)64(26)124-39-7-19(73(113)133-81)5-31(87)49(39)97)68(130-72(112)18-3-29(85)48(96)30(86)4-18)66-42(126-82)16-122-76(116)22-10-34(90)52(100)58(106)44(22)46-24(78(118)128-66)12-36(92)54(102)60(46)108/h1-14,41-42,65-70,81-110H,15-16H2/t41-,42-,65-,66-,67+,68+,69-,70-,81+,82+/m1/s1. The van der Waals surface area contributed by atoms with E-state index in [9.17, 15) is 162 Å². The van der Waals surface area contributed by atoms with Crippen LogP contribution in [0.3, 0.4) is 0 Å². The molecule has 0 unspecified atom stereocenters. The second kappa shape index (κ2) is 33.2. The van der Waals surface area contributed by atoms with Gasteiger partial charge in [-0.3, -0.25) is 0 Å². The maximum Gasteiger partial charge on any atom is 0.342 e. The highest BCUT2D eigenvalue weighted by molar-refractivity contribution is 6.11. The third kappa shape index (κ3) is 15.4. The molecule has 2 fully saturated rings. The lowest BCUT2D eigenvalue weighted by Gasteiger charge is -2.44. The van der Waals surface area contributed by atoms with E-state index in [1.54, 1.807) is 0 Å². The number of fused-ring (bicyclic) bond motifs is 16. The zero-order valence-electron chi connectivity index (χ0n) is 65.6. The summed E-state index contributed by atoms with van der Waals surface area (Å²) in [7, 11) is 0. The quantitative estimate of drug-likeness (QED) is 0.0669. The summed E-state index contributed by atoms with van der Waals surface area (Å²) < 4.78 is 80.8. The van der Waals surface area contributed by atoms with E-state index in [0.717, 1.165) is 0 Å². The Labute approximate surface area is 735 Å². The Bertz CT molecular complexity index is 6380. The van der Waals surface area contributed by atoms with E-state index in [0.29, 0.717) is 36.4 Å². The molecule has 15 rings (SSSR count). The highest BCUT2D eigenvalue weighted by Gasteiger charge is 2.59. The molecule has 10 atom stereocenters. The molecule has 0 aliphatic carbocycles. The van der Waals surface area contributed by atoms with Gasteiger partial charge in [-0.1, -0.05) is 0 Å². The van der Waals surface area contributed by atoms with Crippen LogP contribution >= 0.6 is 0 Å². The average molecular weight is 1870 g/mol. The topological polar surface area (TPSA) is 866 Å². The smallest absolute Gasteiger partial charge is 0.342 e. The molecular formula is C82H56O52. The lowest BCUT2D eigenvalue weighted by molar-refractivity contribution is -0.282. The van der Waals surface area contributed by atoms with Crippen molar-refractivity contribution in [2.75, 3.05) is 13.2 Å². The van der Waals surface area contributed by atoms with Crippen molar-refractivity contribution in [1.29, 1.82) is 0 Å².